The number of ketones is 1. The van der Waals surface area contributed by atoms with Gasteiger partial charge in [0.2, 0.25) is 0 Å². The quantitative estimate of drug-likeness (QED) is 0.785. The third-order valence-electron chi connectivity index (χ3n) is 2.02. The standard InChI is InChI=1S/C12H13BrO2/c1-8(7-9(2)14)10-5-4-6-11(13)12(10)15-3/h4-7H,1-3H3/b8-7+. The number of benzene rings is 1. The molecule has 0 aromatic heterocycles. The number of carbonyl (C=O) groups is 1. The fourth-order valence-corrected chi connectivity index (χ4v) is 1.94. The number of hydrogen-bond acceptors (Lipinski definition) is 2. The van der Waals surface area contributed by atoms with Crippen molar-refractivity contribution in [2.45, 2.75) is 13.8 Å². The Morgan fingerprint density at radius 2 is 2.07 bits per heavy atom. The average molecular weight is 269 g/mol. The summed E-state index contributed by atoms with van der Waals surface area (Å²) in [5, 5.41) is 0. The predicted molar refractivity (Wildman–Crippen MR) is 65.0 cm³/mol. The van der Waals surface area contributed by atoms with E-state index in [1.807, 2.05) is 25.1 Å². The number of carbonyl (C=O) groups excluding carboxylic acids is 1. The molecule has 0 spiro atoms. The number of hydrogen-bond donors (Lipinski definition) is 0. The maximum Gasteiger partial charge on any atom is 0.152 e. The lowest BCUT2D eigenvalue weighted by Crippen LogP contribution is -1.92. The van der Waals surface area contributed by atoms with Crippen LogP contribution in [0.2, 0.25) is 0 Å². The smallest absolute Gasteiger partial charge is 0.152 e. The Kier molecular flexibility index (Phi) is 4.09. The molecule has 1 aromatic rings. The largest absolute Gasteiger partial charge is 0.495 e. The molecule has 15 heavy (non-hydrogen) atoms. The van der Waals surface area contributed by atoms with Crippen LogP contribution in [0, 0.1) is 0 Å². The molecule has 0 aliphatic carbocycles. The maximum absolute atomic E-state index is 11.0. The number of methoxy groups -OCH3 is 1. The van der Waals surface area contributed by atoms with Crippen LogP contribution < -0.4 is 4.74 Å². The number of halogens is 1. The molecule has 0 bridgehead atoms. The van der Waals surface area contributed by atoms with E-state index in [9.17, 15) is 4.79 Å². The second-order valence-corrected chi connectivity index (χ2v) is 4.11. The Bertz CT molecular complexity index is 408. The number of para-hydroxylation sites is 1. The maximum atomic E-state index is 11.0. The Morgan fingerprint density at radius 1 is 1.40 bits per heavy atom. The first-order valence-corrected chi connectivity index (χ1v) is 5.37. The van der Waals surface area contributed by atoms with Crippen LogP contribution in [0.25, 0.3) is 5.57 Å². The molecule has 0 saturated carbocycles. The van der Waals surface area contributed by atoms with Crippen LogP contribution in [-0.4, -0.2) is 12.9 Å². The molecule has 1 rings (SSSR count). The minimum Gasteiger partial charge on any atom is -0.495 e. The third kappa shape index (κ3) is 2.93. The molecule has 0 atom stereocenters. The van der Waals surface area contributed by atoms with Gasteiger partial charge in [0.15, 0.2) is 5.78 Å². The van der Waals surface area contributed by atoms with Crippen LogP contribution in [0.1, 0.15) is 19.4 Å². The van der Waals surface area contributed by atoms with E-state index in [0.717, 1.165) is 21.4 Å². The summed E-state index contributed by atoms with van der Waals surface area (Å²) in [5.74, 6) is 0.794. The molecule has 0 heterocycles. The van der Waals surface area contributed by atoms with Gasteiger partial charge >= 0.3 is 0 Å². The second kappa shape index (κ2) is 5.12. The van der Waals surface area contributed by atoms with Crippen molar-refractivity contribution in [2.75, 3.05) is 7.11 Å². The van der Waals surface area contributed by atoms with E-state index in [2.05, 4.69) is 15.9 Å². The van der Waals surface area contributed by atoms with E-state index in [-0.39, 0.29) is 5.78 Å². The van der Waals surface area contributed by atoms with Gasteiger partial charge in [0.1, 0.15) is 5.75 Å². The minimum absolute atomic E-state index is 0.0366. The number of rotatable bonds is 3. The lowest BCUT2D eigenvalue weighted by atomic mass is 10.1. The van der Waals surface area contributed by atoms with Gasteiger partial charge in [-0.25, -0.2) is 0 Å². The summed E-state index contributed by atoms with van der Waals surface area (Å²) >= 11 is 3.40. The highest BCUT2D eigenvalue weighted by Crippen LogP contribution is 2.32. The molecule has 0 aliphatic rings. The van der Waals surface area contributed by atoms with Crippen molar-refractivity contribution in [3.63, 3.8) is 0 Å². The Labute approximate surface area is 98.1 Å². The zero-order valence-electron chi connectivity index (χ0n) is 9.00. The fourth-order valence-electron chi connectivity index (χ4n) is 1.41. The molecule has 2 nitrogen and oxygen atoms in total. The van der Waals surface area contributed by atoms with Crippen LogP contribution in [0.5, 0.6) is 5.75 Å². The molecule has 0 unspecified atom stereocenters. The Hall–Kier alpha value is -1.09. The molecule has 0 saturated heterocycles. The van der Waals surface area contributed by atoms with Crippen LogP contribution in [-0.2, 0) is 4.79 Å². The van der Waals surface area contributed by atoms with Crippen LogP contribution in [0.4, 0.5) is 0 Å². The summed E-state index contributed by atoms with van der Waals surface area (Å²) in [6, 6.07) is 5.75. The SMILES string of the molecule is COc1c(Br)cccc1/C(C)=C/C(C)=O. The van der Waals surface area contributed by atoms with Gasteiger partial charge in [-0.2, -0.15) is 0 Å². The first-order chi connectivity index (χ1) is 7.06. The van der Waals surface area contributed by atoms with E-state index >= 15 is 0 Å². The number of allylic oxidation sites excluding steroid dienone is 2. The summed E-state index contributed by atoms with van der Waals surface area (Å²) in [6.07, 6.45) is 1.60. The predicted octanol–water partition coefficient (Wildman–Crippen LogP) is 3.45. The second-order valence-electron chi connectivity index (χ2n) is 3.26. The van der Waals surface area contributed by atoms with E-state index < -0.39 is 0 Å². The van der Waals surface area contributed by atoms with E-state index in [0.29, 0.717) is 0 Å². The van der Waals surface area contributed by atoms with E-state index in [1.165, 1.54) is 6.92 Å². The van der Waals surface area contributed by atoms with Gasteiger partial charge in [-0.15, -0.1) is 0 Å². The molecular formula is C12H13BrO2. The average Bonchev–Trinajstić information content (AvgIpc) is 2.16. The van der Waals surface area contributed by atoms with Crippen LogP contribution >= 0.6 is 15.9 Å². The minimum atomic E-state index is 0.0366. The highest BCUT2D eigenvalue weighted by molar-refractivity contribution is 9.10. The van der Waals surface area contributed by atoms with Gasteiger partial charge < -0.3 is 4.74 Å². The Morgan fingerprint density at radius 3 is 2.60 bits per heavy atom. The van der Waals surface area contributed by atoms with Gasteiger partial charge in [-0.3, -0.25) is 4.79 Å². The summed E-state index contributed by atoms with van der Waals surface area (Å²) in [4.78, 5) is 11.0. The molecule has 0 N–H and O–H groups in total. The molecule has 0 aliphatic heterocycles. The third-order valence-corrected chi connectivity index (χ3v) is 2.64. The molecular weight excluding hydrogens is 256 g/mol. The Balaban J connectivity index is 3.25. The number of ether oxygens (including phenoxy) is 1. The molecule has 0 radical (unpaired) electrons. The van der Waals surface area contributed by atoms with Gasteiger partial charge in [0, 0.05) is 5.56 Å². The van der Waals surface area contributed by atoms with Crippen LogP contribution in [0.15, 0.2) is 28.7 Å². The topological polar surface area (TPSA) is 26.3 Å². The molecule has 1 aromatic carbocycles. The summed E-state index contributed by atoms with van der Waals surface area (Å²) in [5.41, 5.74) is 1.84. The monoisotopic (exact) mass is 268 g/mol. The highest BCUT2D eigenvalue weighted by atomic mass is 79.9. The molecule has 0 fully saturated rings. The van der Waals surface area contributed by atoms with E-state index in [1.54, 1.807) is 13.2 Å². The van der Waals surface area contributed by atoms with Crippen molar-refractivity contribution in [3.05, 3.63) is 34.3 Å². The molecule has 80 valence electrons. The van der Waals surface area contributed by atoms with Crippen LogP contribution in [0.3, 0.4) is 0 Å². The first kappa shape index (κ1) is 12.0. The van der Waals surface area contributed by atoms with Crippen molar-refractivity contribution in [1.29, 1.82) is 0 Å². The van der Waals surface area contributed by atoms with Gasteiger partial charge in [0.05, 0.1) is 11.6 Å². The van der Waals surface area contributed by atoms with Crippen molar-refractivity contribution in [1.82, 2.24) is 0 Å². The summed E-state index contributed by atoms with van der Waals surface area (Å²) in [6.45, 7) is 3.43. The highest BCUT2D eigenvalue weighted by Gasteiger charge is 2.08. The summed E-state index contributed by atoms with van der Waals surface area (Å²) < 4.78 is 6.17. The van der Waals surface area contributed by atoms with E-state index in [4.69, 9.17) is 4.74 Å². The summed E-state index contributed by atoms with van der Waals surface area (Å²) in [7, 11) is 1.62. The normalized spacial score (nSPS) is 11.3. The van der Waals surface area contributed by atoms with Gasteiger partial charge in [0.25, 0.3) is 0 Å². The van der Waals surface area contributed by atoms with Gasteiger partial charge in [-0.1, -0.05) is 12.1 Å². The lowest BCUT2D eigenvalue weighted by Gasteiger charge is -2.10. The van der Waals surface area contributed by atoms with Crippen molar-refractivity contribution >= 4 is 27.3 Å². The van der Waals surface area contributed by atoms with Gasteiger partial charge in [-0.05, 0) is 47.5 Å². The van der Waals surface area contributed by atoms with Crippen molar-refractivity contribution < 1.29 is 9.53 Å². The zero-order chi connectivity index (χ0) is 11.4. The lowest BCUT2D eigenvalue weighted by molar-refractivity contribution is -0.112. The zero-order valence-corrected chi connectivity index (χ0v) is 10.6. The van der Waals surface area contributed by atoms with Crippen molar-refractivity contribution in [2.24, 2.45) is 0 Å². The molecule has 0 amide bonds. The first-order valence-electron chi connectivity index (χ1n) is 4.58. The van der Waals surface area contributed by atoms with Crippen molar-refractivity contribution in [3.8, 4) is 5.75 Å². The fraction of sp³-hybridized carbons (Fsp3) is 0.250. The molecule has 3 heteroatoms.